The number of carbonyl (C=O) groups is 1. The SMILES string of the molecule is COc1ccc(C(=O)N(C/C(C)=C/c2ccc(F)cc2F)CC2CCCN2)cc1OC. The number of amides is 1. The third-order valence-corrected chi connectivity index (χ3v) is 5.33. The van der Waals surface area contributed by atoms with Gasteiger partial charge in [0.05, 0.1) is 14.2 Å². The van der Waals surface area contributed by atoms with E-state index in [9.17, 15) is 13.6 Å². The van der Waals surface area contributed by atoms with Crippen LogP contribution in [0.5, 0.6) is 11.5 Å². The number of hydrogen-bond donors (Lipinski definition) is 1. The van der Waals surface area contributed by atoms with Crippen LogP contribution in [0.1, 0.15) is 35.7 Å². The van der Waals surface area contributed by atoms with Crippen LogP contribution in [0.2, 0.25) is 0 Å². The molecule has 0 spiro atoms. The Morgan fingerprint density at radius 2 is 1.94 bits per heavy atom. The van der Waals surface area contributed by atoms with E-state index in [1.807, 2.05) is 6.92 Å². The number of nitrogens with one attached hydrogen (secondary N) is 1. The van der Waals surface area contributed by atoms with Crippen molar-refractivity contribution in [2.75, 3.05) is 33.9 Å². The number of nitrogens with zero attached hydrogens (tertiary/aromatic N) is 1. The highest BCUT2D eigenvalue weighted by molar-refractivity contribution is 5.95. The molecule has 5 nitrogen and oxygen atoms in total. The third kappa shape index (κ3) is 5.82. The average molecular weight is 430 g/mol. The van der Waals surface area contributed by atoms with Gasteiger partial charge in [0.2, 0.25) is 0 Å². The minimum Gasteiger partial charge on any atom is -0.493 e. The van der Waals surface area contributed by atoms with Crippen molar-refractivity contribution in [3.8, 4) is 11.5 Å². The van der Waals surface area contributed by atoms with E-state index < -0.39 is 11.6 Å². The Balaban J connectivity index is 1.85. The molecule has 1 fully saturated rings. The lowest BCUT2D eigenvalue weighted by molar-refractivity contribution is 0.0757. The van der Waals surface area contributed by atoms with Gasteiger partial charge in [-0.25, -0.2) is 8.78 Å². The third-order valence-electron chi connectivity index (χ3n) is 5.33. The van der Waals surface area contributed by atoms with E-state index in [-0.39, 0.29) is 17.5 Å². The fourth-order valence-corrected chi connectivity index (χ4v) is 3.78. The standard InChI is InChI=1S/C24H28F2N2O3/c1-16(11-17-6-8-19(25)13-21(17)26)14-28(15-20-5-4-10-27-20)24(29)18-7-9-22(30-2)23(12-18)31-3/h6-9,11-13,20,27H,4-5,10,14-15H2,1-3H3/b16-11+. The molecule has 1 heterocycles. The second-order valence-corrected chi connectivity index (χ2v) is 7.71. The first-order chi connectivity index (χ1) is 14.9. The summed E-state index contributed by atoms with van der Waals surface area (Å²) in [7, 11) is 3.07. The van der Waals surface area contributed by atoms with Crippen LogP contribution in [0.4, 0.5) is 8.78 Å². The maximum atomic E-state index is 14.1. The van der Waals surface area contributed by atoms with Crippen molar-refractivity contribution in [3.63, 3.8) is 0 Å². The van der Waals surface area contributed by atoms with Crippen molar-refractivity contribution in [1.82, 2.24) is 10.2 Å². The van der Waals surface area contributed by atoms with E-state index in [4.69, 9.17) is 9.47 Å². The summed E-state index contributed by atoms with van der Waals surface area (Å²) in [5, 5.41) is 3.41. The number of benzene rings is 2. The van der Waals surface area contributed by atoms with Gasteiger partial charge < -0.3 is 19.7 Å². The van der Waals surface area contributed by atoms with E-state index in [1.165, 1.54) is 19.2 Å². The summed E-state index contributed by atoms with van der Waals surface area (Å²) >= 11 is 0. The van der Waals surface area contributed by atoms with Gasteiger partial charge in [-0.05, 0) is 56.6 Å². The van der Waals surface area contributed by atoms with Crippen LogP contribution in [-0.2, 0) is 0 Å². The zero-order chi connectivity index (χ0) is 22.4. The van der Waals surface area contributed by atoms with Gasteiger partial charge >= 0.3 is 0 Å². The highest BCUT2D eigenvalue weighted by atomic mass is 19.1. The van der Waals surface area contributed by atoms with Crippen molar-refractivity contribution in [2.24, 2.45) is 0 Å². The molecule has 0 aliphatic carbocycles. The molecule has 2 aromatic rings. The molecule has 1 aliphatic heterocycles. The lowest BCUT2D eigenvalue weighted by Crippen LogP contribution is -2.42. The monoisotopic (exact) mass is 430 g/mol. The first-order valence-corrected chi connectivity index (χ1v) is 10.3. The van der Waals surface area contributed by atoms with E-state index in [1.54, 1.807) is 36.3 Å². The molecule has 0 saturated carbocycles. The summed E-state index contributed by atoms with van der Waals surface area (Å²) in [6.45, 7) is 3.62. The summed E-state index contributed by atoms with van der Waals surface area (Å²) in [5.41, 5.74) is 1.56. The summed E-state index contributed by atoms with van der Waals surface area (Å²) in [6, 6.07) is 8.75. The Kier molecular flexibility index (Phi) is 7.63. The van der Waals surface area contributed by atoms with Crippen molar-refractivity contribution >= 4 is 12.0 Å². The number of ether oxygens (including phenoxy) is 2. The largest absolute Gasteiger partial charge is 0.493 e. The lowest BCUT2D eigenvalue weighted by Gasteiger charge is -2.27. The van der Waals surface area contributed by atoms with Crippen LogP contribution in [0.3, 0.4) is 0 Å². The van der Waals surface area contributed by atoms with Crippen LogP contribution in [0, 0.1) is 11.6 Å². The van der Waals surface area contributed by atoms with E-state index in [0.717, 1.165) is 31.0 Å². The molecular weight excluding hydrogens is 402 g/mol. The quantitative estimate of drug-likeness (QED) is 0.679. The summed E-state index contributed by atoms with van der Waals surface area (Å²) in [6.07, 6.45) is 3.70. The first kappa shape index (κ1) is 22.7. The molecule has 0 bridgehead atoms. The normalized spacial score (nSPS) is 16.3. The van der Waals surface area contributed by atoms with Gasteiger partial charge in [-0.1, -0.05) is 11.6 Å². The molecule has 166 valence electrons. The van der Waals surface area contributed by atoms with Crippen LogP contribution < -0.4 is 14.8 Å². The molecule has 31 heavy (non-hydrogen) atoms. The Labute approximate surface area is 181 Å². The van der Waals surface area contributed by atoms with Gasteiger partial charge in [-0.2, -0.15) is 0 Å². The molecule has 3 rings (SSSR count). The van der Waals surface area contributed by atoms with Crippen molar-refractivity contribution < 1.29 is 23.0 Å². The minimum atomic E-state index is -0.630. The second kappa shape index (κ2) is 10.4. The van der Waals surface area contributed by atoms with Crippen LogP contribution in [0.15, 0.2) is 42.0 Å². The molecule has 1 aliphatic rings. The van der Waals surface area contributed by atoms with Crippen LogP contribution >= 0.6 is 0 Å². The number of carbonyl (C=O) groups excluding carboxylic acids is 1. The molecule has 2 aromatic carbocycles. The number of methoxy groups -OCH3 is 2. The molecule has 1 amide bonds. The molecule has 0 radical (unpaired) electrons. The van der Waals surface area contributed by atoms with Gasteiger partial charge in [0.15, 0.2) is 11.5 Å². The number of hydrogen-bond acceptors (Lipinski definition) is 4. The topological polar surface area (TPSA) is 50.8 Å². The predicted octanol–water partition coefficient (Wildman–Crippen LogP) is 4.28. The Hall–Kier alpha value is -2.93. The van der Waals surface area contributed by atoms with Gasteiger partial charge in [0.1, 0.15) is 11.6 Å². The number of rotatable bonds is 8. The van der Waals surface area contributed by atoms with Gasteiger partial charge in [0.25, 0.3) is 5.91 Å². The fraction of sp³-hybridized carbons (Fsp3) is 0.375. The van der Waals surface area contributed by atoms with Crippen LogP contribution in [-0.4, -0.2) is 50.7 Å². The Morgan fingerprint density at radius 3 is 2.58 bits per heavy atom. The molecule has 0 aromatic heterocycles. The number of halogens is 2. The van der Waals surface area contributed by atoms with E-state index >= 15 is 0 Å². The zero-order valence-corrected chi connectivity index (χ0v) is 18.1. The summed E-state index contributed by atoms with van der Waals surface area (Å²) in [4.78, 5) is 15.1. The summed E-state index contributed by atoms with van der Waals surface area (Å²) in [5.74, 6) is -0.375. The molecule has 1 unspecified atom stereocenters. The Bertz CT molecular complexity index is 956. The summed E-state index contributed by atoms with van der Waals surface area (Å²) < 4.78 is 37.8. The molecule has 7 heteroatoms. The highest BCUT2D eigenvalue weighted by Crippen LogP contribution is 2.28. The van der Waals surface area contributed by atoms with E-state index in [0.29, 0.717) is 30.2 Å². The van der Waals surface area contributed by atoms with Crippen LogP contribution in [0.25, 0.3) is 6.08 Å². The average Bonchev–Trinajstić information content (AvgIpc) is 3.27. The maximum Gasteiger partial charge on any atom is 0.254 e. The molecule has 1 saturated heterocycles. The molecule has 1 N–H and O–H groups in total. The van der Waals surface area contributed by atoms with Gasteiger partial charge in [0, 0.05) is 36.3 Å². The highest BCUT2D eigenvalue weighted by Gasteiger charge is 2.23. The van der Waals surface area contributed by atoms with Crippen molar-refractivity contribution in [3.05, 3.63) is 64.7 Å². The predicted molar refractivity (Wildman–Crippen MR) is 116 cm³/mol. The maximum absolute atomic E-state index is 14.1. The zero-order valence-electron chi connectivity index (χ0n) is 18.1. The van der Waals surface area contributed by atoms with Gasteiger partial charge in [-0.3, -0.25) is 4.79 Å². The smallest absolute Gasteiger partial charge is 0.254 e. The Morgan fingerprint density at radius 1 is 1.16 bits per heavy atom. The molecular formula is C24H28F2N2O3. The lowest BCUT2D eigenvalue weighted by atomic mass is 10.1. The molecule has 1 atom stereocenters. The first-order valence-electron chi connectivity index (χ1n) is 10.3. The van der Waals surface area contributed by atoms with E-state index in [2.05, 4.69) is 5.32 Å². The van der Waals surface area contributed by atoms with Gasteiger partial charge in [-0.15, -0.1) is 0 Å². The van der Waals surface area contributed by atoms with Crippen molar-refractivity contribution in [2.45, 2.75) is 25.8 Å². The fourth-order valence-electron chi connectivity index (χ4n) is 3.78. The van der Waals surface area contributed by atoms with Crippen molar-refractivity contribution in [1.29, 1.82) is 0 Å². The second-order valence-electron chi connectivity index (χ2n) is 7.71. The minimum absolute atomic E-state index is 0.151.